The molecule has 2 atom stereocenters. The summed E-state index contributed by atoms with van der Waals surface area (Å²) in [6.45, 7) is 9.83. The zero-order chi connectivity index (χ0) is 12.6. The number of ether oxygens (including phenoxy) is 3. The van der Waals surface area contributed by atoms with Gasteiger partial charge in [0.15, 0.2) is 5.60 Å². The first-order valence-corrected chi connectivity index (χ1v) is 5.74. The number of hydrogen-bond donors (Lipinski definition) is 0. The van der Waals surface area contributed by atoms with Crippen LogP contribution >= 0.6 is 0 Å². The second-order valence-corrected chi connectivity index (χ2v) is 4.75. The predicted molar refractivity (Wildman–Crippen MR) is 60.2 cm³/mol. The van der Waals surface area contributed by atoms with Gasteiger partial charge in [-0.25, -0.2) is 4.79 Å². The molecular weight excluding hydrogens is 208 g/mol. The van der Waals surface area contributed by atoms with E-state index in [4.69, 9.17) is 14.2 Å². The molecule has 1 rings (SSSR count). The summed E-state index contributed by atoms with van der Waals surface area (Å²) < 4.78 is 16.2. The fourth-order valence-electron chi connectivity index (χ4n) is 2.16. The summed E-state index contributed by atoms with van der Waals surface area (Å²) in [5, 5.41) is 0. The zero-order valence-corrected chi connectivity index (χ0v) is 11.0. The third-order valence-corrected chi connectivity index (χ3v) is 3.87. The van der Waals surface area contributed by atoms with Crippen molar-refractivity contribution in [3.8, 4) is 0 Å². The molecule has 4 heteroatoms. The van der Waals surface area contributed by atoms with E-state index in [-0.39, 0.29) is 5.97 Å². The van der Waals surface area contributed by atoms with Gasteiger partial charge in [-0.2, -0.15) is 0 Å². The molecule has 0 bridgehead atoms. The van der Waals surface area contributed by atoms with Gasteiger partial charge in [-0.3, -0.25) is 0 Å². The Hall–Kier alpha value is -0.610. The van der Waals surface area contributed by atoms with Crippen LogP contribution in [0.15, 0.2) is 0 Å². The molecule has 0 radical (unpaired) electrons. The van der Waals surface area contributed by atoms with Gasteiger partial charge in [-0.15, -0.1) is 0 Å². The number of rotatable bonds is 5. The molecule has 16 heavy (non-hydrogen) atoms. The van der Waals surface area contributed by atoms with Gasteiger partial charge in [0, 0.05) is 7.11 Å². The van der Waals surface area contributed by atoms with Crippen molar-refractivity contribution in [2.24, 2.45) is 0 Å². The van der Waals surface area contributed by atoms with Crippen LogP contribution in [0, 0.1) is 0 Å². The molecule has 0 aromatic carbocycles. The van der Waals surface area contributed by atoms with E-state index >= 15 is 0 Å². The lowest BCUT2D eigenvalue weighted by Crippen LogP contribution is -2.48. The minimum Gasteiger partial charge on any atom is -0.464 e. The highest BCUT2D eigenvalue weighted by Gasteiger charge is 2.77. The molecule has 1 saturated heterocycles. The van der Waals surface area contributed by atoms with E-state index in [1.165, 1.54) is 0 Å². The summed E-state index contributed by atoms with van der Waals surface area (Å²) in [6, 6.07) is 0. The molecule has 1 aliphatic rings. The Kier molecular flexibility index (Phi) is 3.37. The Morgan fingerprint density at radius 2 is 1.94 bits per heavy atom. The molecule has 94 valence electrons. The minimum absolute atomic E-state index is 0.287. The molecule has 0 aromatic heterocycles. The van der Waals surface area contributed by atoms with Crippen molar-refractivity contribution in [2.75, 3.05) is 13.7 Å². The maximum absolute atomic E-state index is 11.9. The third kappa shape index (κ3) is 1.55. The zero-order valence-electron chi connectivity index (χ0n) is 11.0. The average molecular weight is 230 g/mol. The highest BCUT2D eigenvalue weighted by atomic mass is 16.7. The summed E-state index contributed by atoms with van der Waals surface area (Å²) in [5.41, 5.74) is -1.98. The highest BCUT2D eigenvalue weighted by Crippen LogP contribution is 2.57. The number of methoxy groups -OCH3 is 1. The average Bonchev–Trinajstić information content (AvgIpc) is 2.88. The maximum Gasteiger partial charge on any atom is 0.341 e. The second kappa shape index (κ2) is 4.00. The Morgan fingerprint density at radius 3 is 2.31 bits per heavy atom. The molecule has 4 nitrogen and oxygen atoms in total. The van der Waals surface area contributed by atoms with Crippen molar-refractivity contribution < 1.29 is 19.0 Å². The Morgan fingerprint density at radius 1 is 1.38 bits per heavy atom. The van der Waals surface area contributed by atoms with Crippen molar-refractivity contribution in [2.45, 2.75) is 57.8 Å². The lowest BCUT2D eigenvalue weighted by molar-refractivity contribution is -0.150. The summed E-state index contributed by atoms with van der Waals surface area (Å²) >= 11 is 0. The molecule has 0 spiro atoms. The van der Waals surface area contributed by atoms with Crippen molar-refractivity contribution in [3.05, 3.63) is 0 Å². The number of esters is 1. The molecule has 1 aliphatic heterocycles. The third-order valence-electron chi connectivity index (χ3n) is 3.87. The number of carbonyl (C=O) groups is 1. The van der Waals surface area contributed by atoms with Gasteiger partial charge in [0.25, 0.3) is 0 Å². The maximum atomic E-state index is 11.9. The Labute approximate surface area is 97.2 Å². The second-order valence-electron chi connectivity index (χ2n) is 4.75. The summed E-state index contributed by atoms with van der Waals surface area (Å²) in [5.74, 6) is -0.287. The van der Waals surface area contributed by atoms with E-state index in [1.54, 1.807) is 14.0 Å². The smallest absolute Gasteiger partial charge is 0.341 e. The van der Waals surface area contributed by atoms with Gasteiger partial charge in [-0.05, 0) is 34.1 Å². The molecule has 0 aliphatic carbocycles. The number of carbonyl (C=O) groups excluding carboxylic acids is 1. The Balaban J connectivity index is 2.93. The van der Waals surface area contributed by atoms with Gasteiger partial charge >= 0.3 is 5.97 Å². The molecule has 0 amide bonds. The largest absolute Gasteiger partial charge is 0.464 e. The monoisotopic (exact) mass is 230 g/mol. The first-order chi connectivity index (χ1) is 7.31. The van der Waals surface area contributed by atoms with E-state index in [1.807, 2.05) is 27.7 Å². The van der Waals surface area contributed by atoms with E-state index < -0.39 is 16.8 Å². The van der Waals surface area contributed by atoms with Crippen molar-refractivity contribution in [1.29, 1.82) is 0 Å². The van der Waals surface area contributed by atoms with Crippen LogP contribution in [0.5, 0.6) is 0 Å². The van der Waals surface area contributed by atoms with Crippen LogP contribution in [0.25, 0.3) is 0 Å². The SMILES string of the molecule is CCOC(=O)C1(CC)OC1(C)C(C)(C)OC. The lowest BCUT2D eigenvalue weighted by Gasteiger charge is -2.30. The Bertz CT molecular complexity index is 287. The highest BCUT2D eigenvalue weighted by molar-refractivity contribution is 5.85. The van der Waals surface area contributed by atoms with Crippen LogP contribution < -0.4 is 0 Å². The number of hydrogen-bond acceptors (Lipinski definition) is 4. The molecule has 0 aromatic rings. The van der Waals surface area contributed by atoms with Crippen LogP contribution in [-0.4, -0.2) is 36.5 Å². The van der Waals surface area contributed by atoms with Gasteiger partial charge in [-0.1, -0.05) is 6.92 Å². The van der Waals surface area contributed by atoms with Crippen LogP contribution in [0.2, 0.25) is 0 Å². The van der Waals surface area contributed by atoms with E-state index in [2.05, 4.69) is 0 Å². The van der Waals surface area contributed by atoms with Crippen LogP contribution in [0.3, 0.4) is 0 Å². The van der Waals surface area contributed by atoms with E-state index in [0.29, 0.717) is 13.0 Å². The van der Waals surface area contributed by atoms with Gasteiger partial charge in [0.2, 0.25) is 0 Å². The van der Waals surface area contributed by atoms with Crippen LogP contribution in [0.4, 0.5) is 0 Å². The van der Waals surface area contributed by atoms with Crippen molar-refractivity contribution in [1.82, 2.24) is 0 Å². The molecule has 0 N–H and O–H groups in total. The van der Waals surface area contributed by atoms with Gasteiger partial charge < -0.3 is 14.2 Å². The molecule has 0 saturated carbocycles. The van der Waals surface area contributed by atoms with Crippen LogP contribution in [0.1, 0.15) is 41.0 Å². The van der Waals surface area contributed by atoms with E-state index in [9.17, 15) is 4.79 Å². The van der Waals surface area contributed by atoms with Gasteiger partial charge in [0.1, 0.15) is 5.60 Å². The topological polar surface area (TPSA) is 48.1 Å². The first kappa shape index (κ1) is 13.5. The number of epoxide rings is 1. The summed E-state index contributed by atoms with van der Waals surface area (Å²) in [7, 11) is 1.62. The minimum atomic E-state index is -0.845. The summed E-state index contributed by atoms with van der Waals surface area (Å²) in [6.07, 6.45) is 0.592. The summed E-state index contributed by atoms with van der Waals surface area (Å²) in [4.78, 5) is 11.9. The predicted octanol–water partition coefficient (Wildman–Crippen LogP) is 1.91. The fourth-order valence-corrected chi connectivity index (χ4v) is 2.16. The fraction of sp³-hybridized carbons (Fsp3) is 0.917. The van der Waals surface area contributed by atoms with Gasteiger partial charge in [0.05, 0.1) is 12.2 Å². The molecule has 1 heterocycles. The normalized spacial score (nSPS) is 33.6. The molecular formula is C12H22O4. The van der Waals surface area contributed by atoms with Crippen molar-refractivity contribution >= 4 is 5.97 Å². The quantitative estimate of drug-likeness (QED) is 0.534. The standard InChI is InChI=1S/C12H22O4/c1-7-12(9(13)15-8-2)11(5,16-12)10(3,4)14-6/h7-8H2,1-6H3. The molecule has 2 unspecified atom stereocenters. The van der Waals surface area contributed by atoms with E-state index in [0.717, 1.165) is 0 Å². The van der Waals surface area contributed by atoms with Crippen LogP contribution in [-0.2, 0) is 19.0 Å². The molecule has 1 fully saturated rings. The van der Waals surface area contributed by atoms with Crippen molar-refractivity contribution in [3.63, 3.8) is 0 Å². The lowest BCUT2D eigenvalue weighted by atomic mass is 9.80. The first-order valence-electron chi connectivity index (χ1n) is 5.74.